The highest BCUT2D eigenvalue weighted by Crippen LogP contribution is 2.17. The third-order valence-corrected chi connectivity index (χ3v) is 14.7. The Morgan fingerprint density at radius 2 is 0.671 bits per heavy atom. The summed E-state index contributed by atoms with van der Waals surface area (Å²) in [6.07, 6.45) is 73.3. The molecule has 0 saturated carbocycles. The maximum Gasteiger partial charge on any atom is 0.305 e. The summed E-state index contributed by atoms with van der Waals surface area (Å²) >= 11 is 0. The minimum absolute atomic E-state index is 0.00538. The molecule has 0 fully saturated rings. The first-order valence-corrected chi connectivity index (χ1v) is 31.6. The van der Waals surface area contributed by atoms with E-state index in [1.165, 1.54) is 270 Å². The number of allylic oxidation sites excluding steroid dienone is 4. The van der Waals surface area contributed by atoms with Crippen molar-refractivity contribution in [3.8, 4) is 0 Å². The maximum absolute atomic E-state index is 12.5. The van der Waals surface area contributed by atoms with Crippen molar-refractivity contribution in [2.45, 2.75) is 360 Å². The van der Waals surface area contributed by atoms with Crippen molar-refractivity contribution in [1.82, 2.24) is 5.32 Å². The Labute approximate surface area is 437 Å². The Hall–Kier alpha value is -1.66. The van der Waals surface area contributed by atoms with Crippen LogP contribution in [0.4, 0.5) is 0 Å². The van der Waals surface area contributed by atoms with Crippen molar-refractivity contribution < 1.29 is 24.5 Å². The molecule has 0 aliphatic heterocycles. The van der Waals surface area contributed by atoms with Crippen LogP contribution in [0.3, 0.4) is 0 Å². The van der Waals surface area contributed by atoms with E-state index in [0.29, 0.717) is 25.9 Å². The molecule has 0 spiro atoms. The van der Waals surface area contributed by atoms with E-state index in [1.54, 1.807) is 0 Å². The summed E-state index contributed by atoms with van der Waals surface area (Å²) in [6.45, 7) is 4.96. The van der Waals surface area contributed by atoms with Crippen molar-refractivity contribution in [3.63, 3.8) is 0 Å². The first-order chi connectivity index (χ1) is 34.5. The summed E-state index contributed by atoms with van der Waals surface area (Å²) in [5.74, 6) is -0.0355. The highest BCUT2D eigenvalue weighted by atomic mass is 16.5. The van der Waals surface area contributed by atoms with Gasteiger partial charge in [0.05, 0.1) is 25.4 Å². The fraction of sp³-hybridized carbons (Fsp3) is 0.906. The number of aliphatic hydroxyl groups is 2. The van der Waals surface area contributed by atoms with E-state index in [-0.39, 0.29) is 18.5 Å². The number of unbranched alkanes of at least 4 members (excludes halogenated alkanes) is 44. The monoisotopic (exact) mass is 986 g/mol. The SMILES string of the molecule is CCCCCCCC/C=C\CCCCCCCCCC(=O)OCCCCCCCCCCCC/C=C\CCCCCCCCCC(=O)NC(CO)C(O)CCCCCCCCCCCCCCCCC. The average Bonchev–Trinajstić information content (AvgIpc) is 3.36. The van der Waals surface area contributed by atoms with Crippen molar-refractivity contribution in [2.75, 3.05) is 13.2 Å². The van der Waals surface area contributed by atoms with E-state index in [0.717, 1.165) is 44.9 Å². The van der Waals surface area contributed by atoms with Crippen LogP contribution in [0.15, 0.2) is 24.3 Å². The quantitative estimate of drug-likeness (QED) is 0.0321. The first-order valence-electron chi connectivity index (χ1n) is 31.6. The van der Waals surface area contributed by atoms with Crippen LogP contribution in [-0.4, -0.2) is 47.4 Å². The molecule has 3 N–H and O–H groups in total. The summed E-state index contributed by atoms with van der Waals surface area (Å²) in [7, 11) is 0. The summed E-state index contributed by atoms with van der Waals surface area (Å²) in [5, 5.41) is 23.3. The number of carbonyl (C=O) groups excluding carboxylic acids is 2. The molecule has 414 valence electrons. The van der Waals surface area contributed by atoms with E-state index in [1.807, 2.05) is 0 Å². The van der Waals surface area contributed by atoms with Crippen molar-refractivity contribution >= 4 is 11.9 Å². The lowest BCUT2D eigenvalue weighted by Crippen LogP contribution is -2.45. The zero-order valence-electron chi connectivity index (χ0n) is 47.3. The molecule has 0 bridgehead atoms. The second kappa shape index (κ2) is 59.9. The molecule has 0 aromatic carbocycles. The molecule has 0 aliphatic rings. The molecular weight excluding hydrogens is 863 g/mol. The van der Waals surface area contributed by atoms with Gasteiger partial charge in [0.15, 0.2) is 0 Å². The summed E-state index contributed by atoms with van der Waals surface area (Å²) in [5.41, 5.74) is 0. The molecule has 0 aromatic heterocycles. The van der Waals surface area contributed by atoms with Crippen LogP contribution in [0.1, 0.15) is 348 Å². The van der Waals surface area contributed by atoms with E-state index >= 15 is 0 Å². The van der Waals surface area contributed by atoms with Crippen LogP contribution < -0.4 is 5.32 Å². The second-order valence-corrected chi connectivity index (χ2v) is 21.7. The predicted molar refractivity (Wildman–Crippen MR) is 306 cm³/mol. The summed E-state index contributed by atoms with van der Waals surface area (Å²) in [4.78, 5) is 24.6. The first kappa shape index (κ1) is 68.3. The Bertz CT molecular complexity index is 1090. The van der Waals surface area contributed by atoms with Crippen LogP contribution in [-0.2, 0) is 14.3 Å². The van der Waals surface area contributed by atoms with Gasteiger partial charge in [0.1, 0.15) is 0 Å². The Balaban J connectivity index is 3.41. The molecule has 0 aromatic rings. The number of nitrogens with one attached hydrogen (secondary N) is 1. The molecule has 0 aliphatic carbocycles. The van der Waals surface area contributed by atoms with Gasteiger partial charge in [-0.15, -0.1) is 0 Å². The summed E-state index contributed by atoms with van der Waals surface area (Å²) < 4.78 is 5.49. The largest absolute Gasteiger partial charge is 0.466 e. The molecule has 0 heterocycles. The lowest BCUT2D eigenvalue weighted by molar-refractivity contribution is -0.143. The van der Waals surface area contributed by atoms with E-state index < -0.39 is 12.1 Å². The van der Waals surface area contributed by atoms with Crippen LogP contribution in [0.2, 0.25) is 0 Å². The number of rotatable bonds is 59. The van der Waals surface area contributed by atoms with E-state index in [4.69, 9.17) is 4.74 Å². The van der Waals surface area contributed by atoms with Crippen molar-refractivity contribution in [2.24, 2.45) is 0 Å². The number of carbonyl (C=O) groups is 2. The van der Waals surface area contributed by atoms with Gasteiger partial charge in [-0.2, -0.15) is 0 Å². The smallest absolute Gasteiger partial charge is 0.305 e. The molecule has 0 rings (SSSR count). The number of ether oxygens (including phenoxy) is 1. The van der Waals surface area contributed by atoms with Gasteiger partial charge in [-0.25, -0.2) is 0 Å². The van der Waals surface area contributed by atoms with Crippen LogP contribution in [0, 0.1) is 0 Å². The molecule has 0 saturated heterocycles. The van der Waals surface area contributed by atoms with Crippen LogP contribution >= 0.6 is 0 Å². The topological polar surface area (TPSA) is 95.9 Å². The lowest BCUT2D eigenvalue weighted by Gasteiger charge is -2.22. The molecule has 0 radical (unpaired) electrons. The van der Waals surface area contributed by atoms with Crippen molar-refractivity contribution in [1.29, 1.82) is 0 Å². The second-order valence-electron chi connectivity index (χ2n) is 21.7. The van der Waals surface area contributed by atoms with Gasteiger partial charge < -0.3 is 20.3 Å². The minimum Gasteiger partial charge on any atom is -0.466 e. The Kier molecular flexibility index (Phi) is 58.5. The Morgan fingerprint density at radius 1 is 0.386 bits per heavy atom. The van der Waals surface area contributed by atoms with Crippen LogP contribution in [0.25, 0.3) is 0 Å². The van der Waals surface area contributed by atoms with Gasteiger partial charge in [-0.3, -0.25) is 9.59 Å². The van der Waals surface area contributed by atoms with Crippen molar-refractivity contribution in [3.05, 3.63) is 24.3 Å². The van der Waals surface area contributed by atoms with E-state index in [9.17, 15) is 19.8 Å². The van der Waals surface area contributed by atoms with Gasteiger partial charge in [-0.05, 0) is 77.0 Å². The highest BCUT2D eigenvalue weighted by molar-refractivity contribution is 5.76. The fourth-order valence-corrected chi connectivity index (χ4v) is 9.87. The molecule has 6 nitrogen and oxygen atoms in total. The predicted octanol–water partition coefficient (Wildman–Crippen LogP) is 19.8. The lowest BCUT2D eigenvalue weighted by atomic mass is 10.0. The zero-order chi connectivity index (χ0) is 50.7. The zero-order valence-corrected chi connectivity index (χ0v) is 47.3. The Morgan fingerprint density at radius 3 is 1.01 bits per heavy atom. The molecule has 70 heavy (non-hydrogen) atoms. The summed E-state index contributed by atoms with van der Waals surface area (Å²) in [6, 6.07) is -0.547. The van der Waals surface area contributed by atoms with Crippen LogP contribution in [0.5, 0.6) is 0 Å². The number of hydrogen-bond donors (Lipinski definition) is 3. The standard InChI is InChI=1S/C64H123NO5/c1-3-5-7-9-11-13-15-17-19-25-30-34-38-42-46-50-54-58-64(69)70-59-55-51-47-43-39-35-31-27-24-22-20-21-23-26-29-33-37-41-45-49-53-57-63(68)65-61(60-66)62(67)56-52-48-44-40-36-32-28-18-16-14-12-10-8-6-4-2/h17,19,21,23,61-62,66-67H,3-16,18,20,22,24-60H2,1-2H3,(H,65,68)/b19-17-,23-21-. The third kappa shape index (κ3) is 55.7. The molecule has 2 atom stereocenters. The third-order valence-electron chi connectivity index (χ3n) is 14.7. The maximum atomic E-state index is 12.5. The average molecular weight is 987 g/mol. The molecule has 6 heteroatoms. The van der Waals surface area contributed by atoms with Gasteiger partial charge in [0.2, 0.25) is 5.91 Å². The van der Waals surface area contributed by atoms with Gasteiger partial charge in [-0.1, -0.05) is 282 Å². The molecule has 2 unspecified atom stereocenters. The number of aliphatic hydroxyl groups excluding tert-OH is 2. The number of hydrogen-bond acceptors (Lipinski definition) is 5. The minimum atomic E-state index is -0.669. The molecule has 1 amide bonds. The van der Waals surface area contributed by atoms with Gasteiger partial charge in [0, 0.05) is 12.8 Å². The normalized spacial score (nSPS) is 12.7. The van der Waals surface area contributed by atoms with E-state index in [2.05, 4.69) is 43.5 Å². The highest BCUT2D eigenvalue weighted by Gasteiger charge is 2.20. The fourth-order valence-electron chi connectivity index (χ4n) is 9.87. The number of amides is 1. The number of esters is 1. The van der Waals surface area contributed by atoms with Gasteiger partial charge >= 0.3 is 5.97 Å². The molecular formula is C64H123NO5. The van der Waals surface area contributed by atoms with Gasteiger partial charge in [0.25, 0.3) is 0 Å².